The Labute approximate surface area is 103 Å². The van der Waals surface area contributed by atoms with Gasteiger partial charge in [-0.05, 0) is 23.8 Å². The molecular weight excluding hydrogens is 224 g/mol. The van der Waals surface area contributed by atoms with E-state index in [2.05, 4.69) is 32.3 Å². The van der Waals surface area contributed by atoms with Crippen molar-refractivity contribution in [1.82, 2.24) is 20.2 Å². The zero-order valence-corrected chi connectivity index (χ0v) is 9.51. The number of aromatic amines is 2. The van der Waals surface area contributed by atoms with Crippen molar-refractivity contribution in [2.45, 2.75) is 0 Å². The van der Waals surface area contributed by atoms with Gasteiger partial charge in [-0.2, -0.15) is 5.10 Å². The standard InChI is InChI=1S/C14H10N4/c1-2-11(12-8-17-18-13(12)3-1)10-6-9-4-5-15-14(9)16-7-10/h1-8H,(H,15,16)(H,17,18). The molecule has 0 saturated carbocycles. The summed E-state index contributed by atoms with van der Waals surface area (Å²) in [5.41, 5.74) is 4.21. The second-order valence-electron chi connectivity index (χ2n) is 4.28. The van der Waals surface area contributed by atoms with Crippen molar-refractivity contribution in [2.75, 3.05) is 0 Å². The Kier molecular flexibility index (Phi) is 1.80. The van der Waals surface area contributed by atoms with E-state index in [4.69, 9.17) is 0 Å². The van der Waals surface area contributed by atoms with Gasteiger partial charge in [0, 0.05) is 28.7 Å². The maximum atomic E-state index is 4.42. The normalized spacial score (nSPS) is 11.3. The van der Waals surface area contributed by atoms with Crippen LogP contribution in [0, 0.1) is 0 Å². The molecule has 0 aliphatic rings. The fraction of sp³-hybridized carbons (Fsp3) is 0. The van der Waals surface area contributed by atoms with E-state index >= 15 is 0 Å². The quantitative estimate of drug-likeness (QED) is 0.531. The number of benzene rings is 1. The van der Waals surface area contributed by atoms with E-state index in [0.29, 0.717) is 0 Å². The predicted octanol–water partition coefficient (Wildman–Crippen LogP) is 3.11. The van der Waals surface area contributed by atoms with E-state index in [-0.39, 0.29) is 0 Å². The van der Waals surface area contributed by atoms with Crippen LogP contribution >= 0.6 is 0 Å². The molecule has 0 amide bonds. The lowest BCUT2D eigenvalue weighted by atomic mass is 10.0. The van der Waals surface area contributed by atoms with Crippen LogP contribution in [0.1, 0.15) is 0 Å². The first-order chi connectivity index (χ1) is 8.92. The number of hydrogen-bond donors (Lipinski definition) is 2. The number of rotatable bonds is 1. The van der Waals surface area contributed by atoms with Crippen molar-refractivity contribution < 1.29 is 0 Å². The first-order valence-electron chi connectivity index (χ1n) is 5.77. The predicted molar refractivity (Wildman–Crippen MR) is 71.2 cm³/mol. The molecule has 0 radical (unpaired) electrons. The number of aromatic nitrogens is 4. The Balaban J connectivity index is 2.03. The zero-order chi connectivity index (χ0) is 11.9. The van der Waals surface area contributed by atoms with Crippen LogP contribution in [0.25, 0.3) is 33.1 Å². The van der Waals surface area contributed by atoms with Crippen molar-refractivity contribution >= 4 is 21.9 Å². The molecule has 0 saturated heterocycles. The van der Waals surface area contributed by atoms with Crippen molar-refractivity contribution in [2.24, 2.45) is 0 Å². The molecule has 3 aromatic heterocycles. The van der Waals surface area contributed by atoms with Gasteiger partial charge in [0.25, 0.3) is 0 Å². The molecule has 4 nitrogen and oxygen atoms in total. The summed E-state index contributed by atoms with van der Waals surface area (Å²) in [5.74, 6) is 0. The topological polar surface area (TPSA) is 57.4 Å². The zero-order valence-electron chi connectivity index (χ0n) is 9.51. The largest absolute Gasteiger partial charge is 0.346 e. The third-order valence-electron chi connectivity index (χ3n) is 3.20. The third kappa shape index (κ3) is 1.26. The van der Waals surface area contributed by atoms with Crippen LogP contribution in [0.5, 0.6) is 0 Å². The van der Waals surface area contributed by atoms with Gasteiger partial charge in [-0.15, -0.1) is 0 Å². The molecule has 0 aliphatic carbocycles. The number of nitrogens with zero attached hydrogens (tertiary/aromatic N) is 2. The average molecular weight is 234 g/mol. The van der Waals surface area contributed by atoms with Gasteiger partial charge >= 0.3 is 0 Å². The molecule has 4 aromatic rings. The molecule has 18 heavy (non-hydrogen) atoms. The highest BCUT2D eigenvalue weighted by atomic mass is 15.1. The number of H-pyrrole nitrogens is 2. The lowest BCUT2D eigenvalue weighted by molar-refractivity contribution is 1.12. The van der Waals surface area contributed by atoms with Crippen LogP contribution in [-0.4, -0.2) is 20.2 Å². The molecule has 0 aliphatic heterocycles. The number of fused-ring (bicyclic) bond motifs is 2. The molecule has 4 rings (SSSR count). The highest BCUT2D eigenvalue weighted by Gasteiger charge is 2.06. The summed E-state index contributed by atoms with van der Waals surface area (Å²) < 4.78 is 0. The molecule has 0 bridgehead atoms. The average Bonchev–Trinajstić information content (AvgIpc) is 3.05. The number of hydrogen-bond acceptors (Lipinski definition) is 2. The van der Waals surface area contributed by atoms with Crippen LogP contribution < -0.4 is 0 Å². The number of pyridine rings is 1. The van der Waals surface area contributed by atoms with Crippen molar-refractivity contribution in [3.63, 3.8) is 0 Å². The maximum absolute atomic E-state index is 4.42. The molecule has 3 heterocycles. The lowest BCUT2D eigenvalue weighted by Crippen LogP contribution is -1.82. The molecule has 2 N–H and O–H groups in total. The van der Waals surface area contributed by atoms with E-state index < -0.39 is 0 Å². The third-order valence-corrected chi connectivity index (χ3v) is 3.20. The minimum absolute atomic E-state index is 0.915. The minimum atomic E-state index is 0.915. The van der Waals surface area contributed by atoms with E-state index in [1.807, 2.05) is 36.8 Å². The van der Waals surface area contributed by atoms with Gasteiger partial charge in [0.2, 0.25) is 0 Å². The van der Waals surface area contributed by atoms with Gasteiger partial charge < -0.3 is 4.98 Å². The van der Waals surface area contributed by atoms with E-state index in [1.54, 1.807) is 0 Å². The molecule has 1 aromatic carbocycles. The van der Waals surface area contributed by atoms with Gasteiger partial charge in [-0.1, -0.05) is 12.1 Å². The highest BCUT2D eigenvalue weighted by Crippen LogP contribution is 2.28. The van der Waals surface area contributed by atoms with Crippen molar-refractivity contribution in [1.29, 1.82) is 0 Å². The molecular formula is C14H10N4. The van der Waals surface area contributed by atoms with E-state index in [0.717, 1.165) is 33.1 Å². The maximum Gasteiger partial charge on any atom is 0.137 e. The summed E-state index contributed by atoms with van der Waals surface area (Å²) in [6, 6.07) is 10.3. The van der Waals surface area contributed by atoms with Crippen LogP contribution in [0.2, 0.25) is 0 Å². The van der Waals surface area contributed by atoms with Gasteiger partial charge in [0.05, 0.1) is 11.7 Å². The summed E-state index contributed by atoms with van der Waals surface area (Å²) in [5, 5.41) is 9.31. The highest BCUT2D eigenvalue weighted by molar-refractivity contribution is 5.95. The Bertz CT molecular complexity index is 841. The Hall–Kier alpha value is -2.62. The molecule has 0 atom stereocenters. The van der Waals surface area contributed by atoms with Crippen LogP contribution in [0.4, 0.5) is 0 Å². The van der Waals surface area contributed by atoms with E-state index in [1.165, 1.54) is 0 Å². The lowest BCUT2D eigenvalue weighted by Gasteiger charge is -2.02. The van der Waals surface area contributed by atoms with Gasteiger partial charge in [0.1, 0.15) is 5.65 Å². The molecule has 4 heteroatoms. The first kappa shape index (κ1) is 9.41. The Morgan fingerprint density at radius 3 is 3.06 bits per heavy atom. The molecule has 0 unspecified atom stereocenters. The van der Waals surface area contributed by atoms with Crippen molar-refractivity contribution in [3.8, 4) is 11.1 Å². The van der Waals surface area contributed by atoms with Gasteiger partial charge in [-0.3, -0.25) is 5.10 Å². The fourth-order valence-corrected chi connectivity index (χ4v) is 2.31. The van der Waals surface area contributed by atoms with Crippen LogP contribution in [-0.2, 0) is 0 Å². The Morgan fingerprint density at radius 2 is 2.06 bits per heavy atom. The summed E-state index contributed by atoms with van der Waals surface area (Å²) in [7, 11) is 0. The summed E-state index contributed by atoms with van der Waals surface area (Å²) in [6.45, 7) is 0. The molecule has 86 valence electrons. The number of nitrogens with one attached hydrogen (secondary N) is 2. The fourth-order valence-electron chi connectivity index (χ4n) is 2.31. The summed E-state index contributed by atoms with van der Waals surface area (Å²) in [4.78, 5) is 7.52. The van der Waals surface area contributed by atoms with E-state index in [9.17, 15) is 0 Å². The smallest absolute Gasteiger partial charge is 0.137 e. The minimum Gasteiger partial charge on any atom is -0.346 e. The summed E-state index contributed by atoms with van der Waals surface area (Å²) in [6.07, 6.45) is 5.65. The van der Waals surface area contributed by atoms with Gasteiger partial charge in [0.15, 0.2) is 0 Å². The van der Waals surface area contributed by atoms with Crippen LogP contribution in [0.3, 0.4) is 0 Å². The second kappa shape index (κ2) is 3.43. The monoisotopic (exact) mass is 234 g/mol. The van der Waals surface area contributed by atoms with Crippen LogP contribution in [0.15, 0.2) is 48.9 Å². The SMILES string of the molecule is c1cc(-c2cnc3[nH]ccc3c2)c2cn[nH]c2c1. The Morgan fingerprint density at radius 1 is 1.06 bits per heavy atom. The molecule has 0 fully saturated rings. The first-order valence-corrected chi connectivity index (χ1v) is 5.77. The second-order valence-corrected chi connectivity index (χ2v) is 4.28. The van der Waals surface area contributed by atoms with Gasteiger partial charge in [-0.25, -0.2) is 4.98 Å². The molecule has 0 spiro atoms. The van der Waals surface area contributed by atoms with Crippen molar-refractivity contribution in [3.05, 3.63) is 48.9 Å². The summed E-state index contributed by atoms with van der Waals surface area (Å²) >= 11 is 0.